The second-order valence-electron chi connectivity index (χ2n) is 3.51. The first kappa shape index (κ1) is 14.4. The molecule has 0 saturated carbocycles. The van der Waals surface area contributed by atoms with Crippen molar-refractivity contribution < 1.29 is 32.4 Å². The lowest BCUT2D eigenvalue weighted by molar-refractivity contribution is -0.176. The van der Waals surface area contributed by atoms with Crippen LogP contribution in [0.15, 0.2) is 0 Å². The smallest absolute Gasteiger partial charge is 0.432 e. The zero-order valence-corrected chi connectivity index (χ0v) is 10.6. The average Bonchev–Trinajstić information content (AvgIpc) is 2.60. The number of carbonyl (C=O) groups is 3. The molecule has 9 heteroatoms. The van der Waals surface area contributed by atoms with E-state index < -0.39 is 27.8 Å². The minimum Gasteiger partial charge on any atom is -0.432 e. The minimum atomic E-state index is -3.24. The summed E-state index contributed by atoms with van der Waals surface area (Å²) >= 11 is 0. The summed E-state index contributed by atoms with van der Waals surface area (Å²) in [5, 5.41) is 0.330. The van der Waals surface area contributed by atoms with Crippen LogP contribution in [0.25, 0.3) is 0 Å². The summed E-state index contributed by atoms with van der Waals surface area (Å²) in [5.41, 5.74) is 0. The van der Waals surface area contributed by atoms with Gasteiger partial charge in [-0.1, -0.05) is 12.0 Å². The van der Waals surface area contributed by atoms with E-state index in [0.29, 0.717) is 5.06 Å². The van der Waals surface area contributed by atoms with E-state index in [4.69, 9.17) is 0 Å². The van der Waals surface area contributed by atoms with E-state index in [0.717, 1.165) is 0 Å². The van der Waals surface area contributed by atoms with E-state index in [-0.39, 0.29) is 31.0 Å². The molecule has 2 amide bonds. The monoisotopic (exact) mass is 279 g/mol. The fourth-order valence-corrected chi connectivity index (χ4v) is 1.78. The van der Waals surface area contributed by atoms with Gasteiger partial charge in [0.25, 0.3) is 11.8 Å². The Kier molecular flexibility index (Phi) is 4.65. The summed E-state index contributed by atoms with van der Waals surface area (Å²) in [6.07, 6.45) is -1.31. The molecule has 1 aliphatic rings. The first-order chi connectivity index (χ1) is 8.35. The highest BCUT2D eigenvalue weighted by atomic mass is 32.2. The van der Waals surface area contributed by atoms with Crippen LogP contribution in [0.3, 0.4) is 0 Å². The molecule has 0 spiro atoms. The third-order valence-corrected chi connectivity index (χ3v) is 3.89. The summed E-state index contributed by atoms with van der Waals surface area (Å²) in [4.78, 5) is 37.6. The highest BCUT2D eigenvalue weighted by molar-refractivity contribution is 7.91. The van der Waals surface area contributed by atoms with E-state index in [1.807, 2.05) is 0 Å². The van der Waals surface area contributed by atoms with Gasteiger partial charge in [-0.3, -0.25) is 14.4 Å². The van der Waals surface area contributed by atoms with Gasteiger partial charge >= 0.3 is 6.16 Å². The second-order valence-corrected chi connectivity index (χ2v) is 5.98. The van der Waals surface area contributed by atoms with Gasteiger partial charge in [-0.2, -0.15) is 0 Å². The van der Waals surface area contributed by atoms with Crippen molar-refractivity contribution in [3.63, 3.8) is 0 Å². The number of rotatable bonds is 5. The molecular weight excluding hydrogens is 266 g/mol. The Hall–Kier alpha value is -1.64. The molecule has 0 aliphatic carbocycles. The Morgan fingerprint density at radius 3 is 2.33 bits per heavy atom. The van der Waals surface area contributed by atoms with Crippen LogP contribution in [0.2, 0.25) is 0 Å². The predicted octanol–water partition coefficient (Wildman–Crippen LogP) is -0.362. The molecule has 0 aromatic carbocycles. The molecule has 0 radical (unpaired) electrons. The third kappa shape index (κ3) is 3.99. The van der Waals surface area contributed by atoms with E-state index in [1.54, 1.807) is 0 Å². The Morgan fingerprint density at radius 2 is 1.83 bits per heavy atom. The van der Waals surface area contributed by atoms with E-state index >= 15 is 0 Å². The van der Waals surface area contributed by atoms with Crippen LogP contribution in [0.4, 0.5) is 4.79 Å². The van der Waals surface area contributed by atoms with Crippen molar-refractivity contribution in [2.24, 2.45) is 0 Å². The van der Waals surface area contributed by atoms with Crippen molar-refractivity contribution in [3.05, 3.63) is 0 Å². The molecule has 1 rings (SSSR count). The number of carbonyl (C=O) groups excluding carboxylic acids is 3. The SMILES string of the molecule is CCS(=O)(=O)CCOC(=O)ON1C(=O)CCC1=O. The molecule has 8 nitrogen and oxygen atoms in total. The van der Waals surface area contributed by atoms with Gasteiger partial charge in [0, 0.05) is 18.6 Å². The topological polar surface area (TPSA) is 107 Å². The van der Waals surface area contributed by atoms with Gasteiger partial charge in [-0.25, -0.2) is 13.2 Å². The van der Waals surface area contributed by atoms with Crippen LogP contribution in [0.1, 0.15) is 19.8 Å². The first-order valence-corrected chi connectivity index (χ1v) is 7.09. The Balaban J connectivity index is 2.34. The summed E-state index contributed by atoms with van der Waals surface area (Å²) in [6.45, 7) is 1.08. The van der Waals surface area contributed by atoms with Crippen molar-refractivity contribution in [2.75, 3.05) is 18.1 Å². The second kappa shape index (κ2) is 5.80. The number of nitrogens with zero attached hydrogens (tertiary/aromatic N) is 1. The van der Waals surface area contributed by atoms with Crippen LogP contribution in [-0.4, -0.2) is 49.6 Å². The maximum atomic E-state index is 11.1. The molecular formula is C9H13NO7S. The summed E-state index contributed by atoms with van der Waals surface area (Å²) < 4.78 is 26.6. The van der Waals surface area contributed by atoms with Gasteiger partial charge in [0.05, 0.1) is 5.75 Å². The van der Waals surface area contributed by atoms with Crippen molar-refractivity contribution >= 4 is 27.8 Å². The number of sulfone groups is 1. The Morgan fingerprint density at radius 1 is 1.28 bits per heavy atom. The summed E-state index contributed by atoms with van der Waals surface area (Å²) in [5.74, 6) is -1.65. The molecule has 0 aromatic rings. The highest BCUT2D eigenvalue weighted by Crippen LogP contribution is 2.12. The lowest BCUT2D eigenvalue weighted by Crippen LogP contribution is -2.32. The Bertz CT molecular complexity index is 440. The van der Waals surface area contributed by atoms with Crippen LogP contribution >= 0.6 is 0 Å². The summed E-state index contributed by atoms with van der Waals surface area (Å²) in [6, 6.07) is 0. The van der Waals surface area contributed by atoms with Crippen molar-refractivity contribution in [1.82, 2.24) is 5.06 Å². The van der Waals surface area contributed by atoms with Gasteiger partial charge in [-0.05, 0) is 0 Å². The molecule has 18 heavy (non-hydrogen) atoms. The molecule has 0 N–H and O–H groups in total. The zero-order chi connectivity index (χ0) is 13.8. The third-order valence-electron chi connectivity index (χ3n) is 2.23. The van der Waals surface area contributed by atoms with Gasteiger partial charge in [0.1, 0.15) is 6.61 Å². The highest BCUT2D eigenvalue weighted by Gasteiger charge is 2.33. The number of ether oxygens (including phenoxy) is 1. The average molecular weight is 279 g/mol. The predicted molar refractivity (Wildman–Crippen MR) is 57.8 cm³/mol. The number of imide groups is 1. The van der Waals surface area contributed by atoms with Crippen LogP contribution in [0, 0.1) is 0 Å². The van der Waals surface area contributed by atoms with Gasteiger partial charge in [0.2, 0.25) is 0 Å². The number of hydrogen-bond acceptors (Lipinski definition) is 7. The fourth-order valence-electron chi connectivity index (χ4n) is 1.16. The molecule has 1 heterocycles. The first-order valence-electron chi connectivity index (χ1n) is 5.26. The molecule has 0 atom stereocenters. The molecule has 1 saturated heterocycles. The van der Waals surface area contributed by atoms with Crippen LogP contribution in [0.5, 0.6) is 0 Å². The zero-order valence-electron chi connectivity index (χ0n) is 9.75. The normalized spacial score (nSPS) is 15.9. The molecule has 1 fully saturated rings. The quantitative estimate of drug-likeness (QED) is 0.499. The molecule has 0 unspecified atom stereocenters. The number of hydroxylamine groups is 2. The lowest BCUT2D eigenvalue weighted by atomic mass is 10.4. The number of hydrogen-bond donors (Lipinski definition) is 0. The molecule has 1 aliphatic heterocycles. The van der Waals surface area contributed by atoms with Gasteiger partial charge in [0.15, 0.2) is 9.84 Å². The van der Waals surface area contributed by atoms with Gasteiger partial charge < -0.3 is 4.74 Å². The maximum absolute atomic E-state index is 11.1. The minimum absolute atomic E-state index is 0.0175. The standard InChI is InChI=1S/C9H13NO7S/c1-2-18(14,15)6-5-16-9(13)17-10-7(11)3-4-8(10)12/h2-6H2,1H3. The van der Waals surface area contributed by atoms with Crippen molar-refractivity contribution in [3.8, 4) is 0 Å². The van der Waals surface area contributed by atoms with Crippen molar-refractivity contribution in [2.45, 2.75) is 19.8 Å². The van der Waals surface area contributed by atoms with E-state index in [1.165, 1.54) is 6.92 Å². The van der Waals surface area contributed by atoms with Crippen LogP contribution in [-0.2, 0) is 29.0 Å². The van der Waals surface area contributed by atoms with E-state index in [9.17, 15) is 22.8 Å². The Labute approximate surface area is 104 Å². The number of amides is 2. The van der Waals surface area contributed by atoms with Crippen LogP contribution < -0.4 is 0 Å². The summed E-state index contributed by atoms with van der Waals surface area (Å²) in [7, 11) is -3.24. The maximum Gasteiger partial charge on any atom is 0.533 e. The molecule has 102 valence electrons. The van der Waals surface area contributed by atoms with Gasteiger partial charge in [-0.15, -0.1) is 0 Å². The lowest BCUT2D eigenvalue weighted by Gasteiger charge is -2.12. The van der Waals surface area contributed by atoms with Crippen molar-refractivity contribution in [1.29, 1.82) is 0 Å². The van der Waals surface area contributed by atoms with E-state index in [2.05, 4.69) is 9.57 Å². The molecule has 0 bridgehead atoms. The molecule has 0 aromatic heterocycles. The largest absolute Gasteiger partial charge is 0.533 e. The fraction of sp³-hybridized carbons (Fsp3) is 0.667.